The van der Waals surface area contributed by atoms with E-state index in [1.165, 1.54) is 0 Å². The molecule has 1 rings (SSSR count). The van der Waals surface area contributed by atoms with Crippen molar-refractivity contribution < 1.29 is 9.90 Å². The summed E-state index contributed by atoms with van der Waals surface area (Å²) in [6.07, 6.45) is 2.47. The van der Waals surface area contributed by atoms with Crippen LogP contribution < -0.4 is 5.73 Å². The fourth-order valence-electron chi connectivity index (χ4n) is 1.63. The van der Waals surface area contributed by atoms with E-state index in [1.54, 1.807) is 12.3 Å². The maximum atomic E-state index is 10.6. The highest BCUT2D eigenvalue weighted by Gasteiger charge is 2.22. The van der Waals surface area contributed by atoms with Gasteiger partial charge in [0.1, 0.15) is 5.82 Å². The number of aromatic nitrogens is 1. The van der Waals surface area contributed by atoms with Crippen molar-refractivity contribution in [2.45, 2.75) is 26.7 Å². The molecule has 0 aromatic carbocycles. The van der Waals surface area contributed by atoms with Gasteiger partial charge in [0.2, 0.25) is 0 Å². The monoisotopic (exact) mass is 208 g/mol. The maximum absolute atomic E-state index is 10.6. The van der Waals surface area contributed by atoms with Crippen molar-refractivity contribution in [2.75, 3.05) is 5.73 Å². The average molecular weight is 208 g/mol. The van der Waals surface area contributed by atoms with Gasteiger partial charge in [-0.3, -0.25) is 4.79 Å². The van der Waals surface area contributed by atoms with Gasteiger partial charge in [-0.05, 0) is 29.5 Å². The molecule has 0 fully saturated rings. The van der Waals surface area contributed by atoms with Crippen LogP contribution in [0.15, 0.2) is 18.3 Å². The van der Waals surface area contributed by atoms with Crippen LogP contribution in [0.25, 0.3) is 0 Å². The van der Waals surface area contributed by atoms with Crippen LogP contribution >= 0.6 is 0 Å². The number of carboxylic acids is 1. The molecule has 0 radical (unpaired) electrons. The summed E-state index contributed by atoms with van der Waals surface area (Å²) in [7, 11) is 0. The van der Waals surface area contributed by atoms with Crippen LogP contribution in [-0.4, -0.2) is 16.1 Å². The topological polar surface area (TPSA) is 76.2 Å². The lowest BCUT2D eigenvalue weighted by Crippen LogP contribution is -2.19. The second kappa shape index (κ2) is 4.29. The highest BCUT2D eigenvalue weighted by molar-refractivity contribution is 5.67. The molecule has 0 bridgehead atoms. The summed E-state index contributed by atoms with van der Waals surface area (Å²) in [6, 6.07) is 3.64. The maximum Gasteiger partial charge on any atom is 0.303 e. The van der Waals surface area contributed by atoms with Crippen molar-refractivity contribution in [1.82, 2.24) is 4.98 Å². The molecule has 0 spiro atoms. The Hall–Kier alpha value is -1.58. The molecule has 1 heterocycles. The Bertz CT molecular complexity index is 361. The molecule has 0 unspecified atom stereocenters. The third-order valence-electron chi connectivity index (χ3n) is 2.16. The number of nitrogen functional groups attached to an aromatic ring is 1. The molecular weight excluding hydrogens is 192 g/mol. The van der Waals surface area contributed by atoms with E-state index in [-0.39, 0.29) is 11.8 Å². The summed E-state index contributed by atoms with van der Waals surface area (Å²) in [5.74, 6) is -0.305. The van der Waals surface area contributed by atoms with Gasteiger partial charge in [-0.1, -0.05) is 13.8 Å². The van der Waals surface area contributed by atoms with Crippen LogP contribution in [0.4, 0.5) is 5.82 Å². The van der Waals surface area contributed by atoms with E-state index < -0.39 is 5.97 Å². The van der Waals surface area contributed by atoms with Gasteiger partial charge in [-0.15, -0.1) is 0 Å². The first kappa shape index (κ1) is 11.5. The van der Waals surface area contributed by atoms with Crippen molar-refractivity contribution >= 4 is 11.8 Å². The van der Waals surface area contributed by atoms with Crippen molar-refractivity contribution in [3.63, 3.8) is 0 Å². The van der Waals surface area contributed by atoms with Gasteiger partial charge in [0.25, 0.3) is 0 Å². The normalized spacial score (nSPS) is 11.3. The summed E-state index contributed by atoms with van der Waals surface area (Å²) < 4.78 is 0. The standard InChI is InChI=1S/C11H16N2O2/c1-11(2,7-10(14)15)6-8-3-4-13-9(12)5-8/h3-5H,6-7H2,1-2H3,(H2,12,13)(H,14,15). The van der Waals surface area contributed by atoms with Crippen LogP contribution in [-0.2, 0) is 11.2 Å². The second-order valence-electron chi connectivity index (χ2n) is 4.50. The molecule has 1 aromatic heterocycles. The lowest BCUT2D eigenvalue weighted by atomic mass is 9.83. The number of rotatable bonds is 4. The number of anilines is 1. The Labute approximate surface area is 89.1 Å². The molecule has 82 valence electrons. The average Bonchev–Trinajstić information content (AvgIpc) is 1.99. The van der Waals surface area contributed by atoms with Gasteiger partial charge in [0.15, 0.2) is 0 Å². The van der Waals surface area contributed by atoms with Crippen molar-refractivity contribution in [3.8, 4) is 0 Å². The van der Waals surface area contributed by atoms with Crippen LogP contribution in [0.2, 0.25) is 0 Å². The highest BCUT2D eigenvalue weighted by Crippen LogP contribution is 2.26. The molecule has 4 heteroatoms. The molecule has 0 aliphatic heterocycles. The number of aliphatic carboxylic acids is 1. The summed E-state index contributed by atoms with van der Waals surface area (Å²) in [6.45, 7) is 3.86. The Balaban J connectivity index is 2.72. The molecule has 15 heavy (non-hydrogen) atoms. The third kappa shape index (κ3) is 3.97. The molecule has 1 aromatic rings. The fourth-order valence-corrected chi connectivity index (χ4v) is 1.63. The van der Waals surface area contributed by atoms with Crippen LogP contribution in [0.3, 0.4) is 0 Å². The van der Waals surface area contributed by atoms with Crippen molar-refractivity contribution in [1.29, 1.82) is 0 Å². The zero-order chi connectivity index (χ0) is 11.5. The second-order valence-corrected chi connectivity index (χ2v) is 4.50. The predicted molar refractivity (Wildman–Crippen MR) is 58.4 cm³/mol. The summed E-state index contributed by atoms with van der Waals surface area (Å²) in [5.41, 5.74) is 6.31. The van der Waals surface area contributed by atoms with Gasteiger partial charge in [0.05, 0.1) is 6.42 Å². The zero-order valence-electron chi connectivity index (χ0n) is 9.03. The Morgan fingerprint density at radius 2 is 2.27 bits per heavy atom. The molecule has 0 aliphatic rings. The first-order valence-electron chi connectivity index (χ1n) is 4.81. The lowest BCUT2D eigenvalue weighted by molar-refractivity contribution is -0.139. The lowest BCUT2D eigenvalue weighted by Gasteiger charge is -2.22. The number of hydrogen-bond donors (Lipinski definition) is 2. The third-order valence-corrected chi connectivity index (χ3v) is 2.16. The smallest absolute Gasteiger partial charge is 0.303 e. The predicted octanol–water partition coefficient (Wildman–Crippen LogP) is 1.71. The quantitative estimate of drug-likeness (QED) is 0.789. The molecule has 0 atom stereocenters. The molecule has 0 aliphatic carbocycles. The van der Waals surface area contributed by atoms with E-state index >= 15 is 0 Å². The van der Waals surface area contributed by atoms with Gasteiger partial charge < -0.3 is 10.8 Å². The summed E-state index contributed by atoms with van der Waals surface area (Å²) in [4.78, 5) is 14.5. The first-order valence-corrected chi connectivity index (χ1v) is 4.81. The fraction of sp³-hybridized carbons (Fsp3) is 0.455. The minimum Gasteiger partial charge on any atom is -0.481 e. The van der Waals surface area contributed by atoms with Crippen LogP contribution in [0.1, 0.15) is 25.8 Å². The summed E-state index contributed by atoms with van der Waals surface area (Å²) >= 11 is 0. The number of pyridine rings is 1. The largest absolute Gasteiger partial charge is 0.481 e. The molecule has 0 amide bonds. The van der Waals surface area contributed by atoms with Gasteiger partial charge in [-0.2, -0.15) is 0 Å². The molecule has 0 saturated carbocycles. The number of carboxylic acid groups (broad SMARTS) is 1. The summed E-state index contributed by atoms with van der Waals surface area (Å²) in [5, 5.41) is 8.74. The van der Waals surface area contributed by atoms with E-state index in [0.29, 0.717) is 12.2 Å². The zero-order valence-corrected chi connectivity index (χ0v) is 9.03. The van der Waals surface area contributed by atoms with Crippen molar-refractivity contribution in [3.05, 3.63) is 23.9 Å². The molecular formula is C11H16N2O2. The van der Waals surface area contributed by atoms with E-state index in [1.807, 2.05) is 19.9 Å². The van der Waals surface area contributed by atoms with Crippen LogP contribution in [0, 0.1) is 5.41 Å². The molecule has 4 nitrogen and oxygen atoms in total. The highest BCUT2D eigenvalue weighted by atomic mass is 16.4. The van der Waals surface area contributed by atoms with E-state index in [2.05, 4.69) is 4.98 Å². The Kier molecular flexibility index (Phi) is 3.29. The van der Waals surface area contributed by atoms with Gasteiger partial charge in [-0.25, -0.2) is 4.98 Å². The number of hydrogen-bond acceptors (Lipinski definition) is 3. The van der Waals surface area contributed by atoms with Crippen molar-refractivity contribution in [2.24, 2.45) is 5.41 Å². The number of nitrogens with two attached hydrogens (primary N) is 1. The van der Waals surface area contributed by atoms with E-state index in [4.69, 9.17) is 10.8 Å². The Morgan fingerprint density at radius 3 is 2.80 bits per heavy atom. The molecule has 3 N–H and O–H groups in total. The van der Waals surface area contributed by atoms with Gasteiger partial charge >= 0.3 is 5.97 Å². The number of carbonyl (C=O) groups is 1. The SMILES string of the molecule is CC(C)(CC(=O)O)Cc1ccnc(N)c1. The number of nitrogens with zero attached hydrogens (tertiary/aromatic N) is 1. The van der Waals surface area contributed by atoms with E-state index in [0.717, 1.165) is 5.56 Å². The van der Waals surface area contributed by atoms with E-state index in [9.17, 15) is 4.79 Å². The first-order chi connectivity index (χ1) is 6.89. The van der Waals surface area contributed by atoms with Gasteiger partial charge in [0, 0.05) is 6.20 Å². The molecule has 0 saturated heterocycles. The minimum atomic E-state index is -0.776. The van der Waals surface area contributed by atoms with Crippen LogP contribution in [0.5, 0.6) is 0 Å². The minimum absolute atomic E-state index is 0.148. The Morgan fingerprint density at radius 1 is 1.60 bits per heavy atom.